The van der Waals surface area contributed by atoms with Gasteiger partial charge in [0.15, 0.2) is 11.9 Å². The lowest BCUT2D eigenvalue weighted by Gasteiger charge is -2.01. The first-order chi connectivity index (χ1) is 6.81. The van der Waals surface area contributed by atoms with Crippen LogP contribution in [0, 0.1) is 5.82 Å². The Kier molecular flexibility index (Phi) is 2.41. The second-order valence-corrected chi connectivity index (χ2v) is 2.99. The summed E-state index contributed by atoms with van der Waals surface area (Å²) in [5.74, 6) is -0.423. The maximum atomic E-state index is 13.2. The molecule has 74 valence electrons. The van der Waals surface area contributed by atoms with Crippen LogP contribution in [-0.4, -0.2) is 28.5 Å². The van der Waals surface area contributed by atoms with Crippen LogP contribution in [0.3, 0.4) is 0 Å². The number of nitrogens with zero attached hydrogens (tertiary/aromatic N) is 2. The summed E-state index contributed by atoms with van der Waals surface area (Å²) in [6.07, 6.45) is 1.52. The quantitative estimate of drug-likeness (QED) is 0.757. The highest BCUT2D eigenvalue weighted by molar-refractivity contribution is 5.99. The third-order valence-electron chi connectivity index (χ3n) is 1.97. The van der Waals surface area contributed by atoms with Crippen molar-refractivity contribution in [3.63, 3.8) is 0 Å². The van der Waals surface area contributed by atoms with Crippen LogP contribution in [0.25, 0.3) is 0 Å². The summed E-state index contributed by atoms with van der Waals surface area (Å²) in [5.41, 5.74) is 0.644. The average molecular weight is 196 g/mol. The predicted molar refractivity (Wildman–Crippen MR) is 47.3 cm³/mol. The number of aliphatic hydroxyl groups is 1. The number of hydrogen-bond acceptors (Lipinski definition) is 4. The Balaban J connectivity index is 2.22. The minimum atomic E-state index is -0.423. The zero-order valence-corrected chi connectivity index (χ0v) is 7.35. The fourth-order valence-corrected chi connectivity index (χ4v) is 1.26. The number of aliphatic hydroxyl groups excluding tert-OH is 1. The van der Waals surface area contributed by atoms with E-state index in [0.717, 1.165) is 0 Å². The Morgan fingerprint density at radius 3 is 3.14 bits per heavy atom. The Morgan fingerprint density at radius 1 is 1.64 bits per heavy atom. The van der Waals surface area contributed by atoms with Crippen molar-refractivity contribution in [2.24, 2.45) is 5.16 Å². The van der Waals surface area contributed by atoms with E-state index in [1.54, 1.807) is 0 Å². The summed E-state index contributed by atoms with van der Waals surface area (Å²) < 4.78 is 13.2. The van der Waals surface area contributed by atoms with E-state index in [1.807, 2.05) is 0 Å². The SMILES string of the molecule is OCC1CC(c2ncccc2F)=NO1. The predicted octanol–water partition coefficient (Wildman–Crippen LogP) is 0.706. The molecular formula is C9H9FN2O2. The number of rotatable bonds is 2. The fourth-order valence-electron chi connectivity index (χ4n) is 1.26. The standard InChI is InChI=1S/C9H9FN2O2/c10-7-2-1-3-11-9(7)8-4-6(5-13)14-12-8/h1-3,6,13H,4-5H2. The van der Waals surface area contributed by atoms with Crippen LogP contribution >= 0.6 is 0 Å². The second kappa shape index (κ2) is 3.71. The maximum Gasteiger partial charge on any atom is 0.156 e. The molecule has 0 saturated carbocycles. The van der Waals surface area contributed by atoms with Gasteiger partial charge in [0.05, 0.1) is 6.61 Å². The van der Waals surface area contributed by atoms with Crippen LogP contribution < -0.4 is 0 Å². The molecule has 4 nitrogen and oxygen atoms in total. The molecule has 0 fully saturated rings. The summed E-state index contributed by atoms with van der Waals surface area (Å²) in [5, 5.41) is 12.5. The highest BCUT2D eigenvalue weighted by Gasteiger charge is 2.23. The van der Waals surface area contributed by atoms with E-state index >= 15 is 0 Å². The molecule has 1 N–H and O–H groups in total. The van der Waals surface area contributed by atoms with Gasteiger partial charge < -0.3 is 9.94 Å². The average Bonchev–Trinajstić information content (AvgIpc) is 2.67. The van der Waals surface area contributed by atoms with Crippen molar-refractivity contribution in [2.45, 2.75) is 12.5 Å². The van der Waals surface area contributed by atoms with Crippen LogP contribution in [0.5, 0.6) is 0 Å². The van der Waals surface area contributed by atoms with Crippen molar-refractivity contribution in [2.75, 3.05) is 6.61 Å². The molecule has 0 aliphatic carbocycles. The third kappa shape index (κ3) is 1.58. The van der Waals surface area contributed by atoms with Crippen molar-refractivity contribution in [1.82, 2.24) is 4.98 Å². The number of oxime groups is 1. The van der Waals surface area contributed by atoms with Gasteiger partial charge in [-0.2, -0.15) is 0 Å². The van der Waals surface area contributed by atoms with Crippen LogP contribution in [0.4, 0.5) is 4.39 Å². The van der Waals surface area contributed by atoms with E-state index < -0.39 is 5.82 Å². The van der Waals surface area contributed by atoms with Gasteiger partial charge in [-0.15, -0.1) is 0 Å². The lowest BCUT2D eigenvalue weighted by atomic mass is 10.1. The summed E-state index contributed by atoms with van der Waals surface area (Å²) >= 11 is 0. The molecule has 0 spiro atoms. The van der Waals surface area contributed by atoms with Crippen molar-refractivity contribution < 1.29 is 14.3 Å². The molecule has 0 saturated heterocycles. The third-order valence-corrected chi connectivity index (χ3v) is 1.97. The van der Waals surface area contributed by atoms with Gasteiger partial charge in [0.1, 0.15) is 11.4 Å². The molecule has 14 heavy (non-hydrogen) atoms. The molecule has 0 aromatic carbocycles. The zero-order chi connectivity index (χ0) is 9.97. The molecule has 1 aliphatic rings. The molecule has 1 aromatic rings. The number of halogens is 1. The highest BCUT2D eigenvalue weighted by Crippen LogP contribution is 2.16. The van der Waals surface area contributed by atoms with E-state index in [2.05, 4.69) is 10.1 Å². The Morgan fingerprint density at radius 2 is 2.50 bits per heavy atom. The Labute approximate surface area is 80.0 Å². The van der Waals surface area contributed by atoms with Gasteiger partial charge in [-0.3, -0.25) is 4.98 Å². The lowest BCUT2D eigenvalue weighted by Crippen LogP contribution is -2.14. The van der Waals surface area contributed by atoms with Gasteiger partial charge in [-0.25, -0.2) is 4.39 Å². The minimum absolute atomic E-state index is 0.124. The molecule has 5 heteroatoms. The zero-order valence-electron chi connectivity index (χ0n) is 7.35. The summed E-state index contributed by atoms with van der Waals surface area (Å²) in [4.78, 5) is 8.72. The van der Waals surface area contributed by atoms with E-state index in [1.165, 1.54) is 18.3 Å². The Hall–Kier alpha value is -1.49. The molecular weight excluding hydrogens is 187 g/mol. The smallest absolute Gasteiger partial charge is 0.156 e. The summed E-state index contributed by atoms with van der Waals surface area (Å²) in [7, 11) is 0. The van der Waals surface area contributed by atoms with Gasteiger partial charge in [-0.05, 0) is 12.1 Å². The first-order valence-corrected chi connectivity index (χ1v) is 4.25. The summed E-state index contributed by atoms with van der Waals surface area (Å²) in [6.45, 7) is -0.124. The minimum Gasteiger partial charge on any atom is -0.392 e. The number of pyridine rings is 1. The van der Waals surface area contributed by atoms with Gasteiger partial charge in [0, 0.05) is 12.6 Å². The van der Waals surface area contributed by atoms with E-state index in [4.69, 9.17) is 9.94 Å². The molecule has 0 amide bonds. The first kappa shape index (κ1) is 9.08. The van der Waals surface area contributed by atoms with Crippen molar-refractivity contribution >= 4 is 5.71 Å². The van der Waals surface area contributed by atoms with Crippen molar-refractivity contribution in [3.8, 4) is 0 Å². The van der Waals surface area contributed by atoms with Crippen LogP contribution in [0.1, 0.15) is 12.1 Å². The van der Waals surface area contributed by atoms with Crippen LogP contribution in [0.15, 0.2) is 23.5 Å². The molecule has 1 unspecified atom stereocenters. The van der Waals surface area contributed by atoms with E-state index in [0.29, 0.717) is 12.1 Å². The molecule has 0 bridgehead atoms. The summed E-state index contributed by atoms with van der Waals surface area (Å²) in [6, 6.07) is 2.83. The molecule has 2 heterocycles. The molecule has 1 atom stereocenters. The van der Waals surface area contributed by atoms with Gasteiger partial charge in [0.2, 0.25) is 0 Å². The van der Waals surface area contributed by atoms with Crippen LogP contribution in [0.2, 0.25) is 0 Å². The molecule has 1 aliphatic heterocycles. The Bertz CT molecular complexity index is 368. The fraction of sp³-hybridized carbons (Fsp3) is 0.333. The van der Waals surface area contributed by atoms with Crippen molar-refractivity contribution in [3.05, 3.63) is 29.8 Å². The lowest BCUT2D eigenvalue weighted by molar-refractivity contribution is 0.0390. The monoisotopic (exact) mass is 196 g/mol. The van der Waals surface area contributed by atoms with Gasteiger partial charge in [0.25, 0.3) is 0 Å². The first-order valence-electron chi connectivity index (χ1n) is 4.25. The van der Waals surface area contributed by atoms with E-state index in [9.17, 15) is 4.39 Å². The van der Waals surface area contributed by atoms with Gasteiger partial charge in [-0.1, -0.05) is 5.16 Å². The largest absolute Gasteiger partial charge is 0.392 e. The van der Waals surface area contributed by atoms with Crippen molar-refractivity contribution in [1.29, 1.82) is 0 Å². The number of hydrogen-bond donors (Lipinski definition) is 1. The second-order valence-electron chi connectivity index (χ2n) is 2.99. The van der Waals surface area contributed by atoms with Crippen LogP contribution in [-0.2, 0) is 4.84 Å². The normalized spacial score (nSPS) is 20.4. The molecule has 2 rings (SSSR count). The van der Waals surface area contributed by atoms with Gasteiger partial charge >= 0.3 is 0 Å². The highest BCUT2D eigenvalue weighted by atomic mass is 19.1. The molecule has 1 aromatic heterocycles. The van der Waals surface area contributed by atoms with E-state index in [-0.39, 0.29) is 18.4 Å². The molecule has 0 radical (unpaired) electrons. The maximum absolute atomic E-state index is 13.2. The topological polar surface area (TPSA) is 54.7 Å². The number of aromatic nitrogens is 1.